The minimum atomic E-state index is -4.04. The van der Waals surface area contributed by atoms with Gasteiger partial charge in [0.05, 0.1) is 10.3 Å². The molecule has 0 bridgehead atoms. The van der Waals surface area contributed by atoms with Crippen LogP contribution in [0.25, 0.3) is 16.7 Å². The Morgan fingerprint density at radius 1 is 1.14 bits per heavy atom. The number of hydrogen-bond acceptors (Lipinski definition) is 6. The molecule has 148 valence electrons. The third-order valence-electron chi connectivity index (χ3n) is 4.78. The van der Waals surface area contributed by atoms with Crippen molar-refractivity contribution in [2.45, 2.75) is 11.8 Å². The van der Waals surface area contributed by atoms with E-state index >= 15 is 0 Å². The van der Waals surface area contributed by atoms with E-state index in [0.29, 0.717) is 9.89 Å². The van der Waals surface area contributed by atoms with Gasteiger partial charge in [0.1, 0.15) is 17.5 Å². The van der Waals surface area contributed by atoms with Gasteiger partial charge in [-0.1, -0.05) is 24.3 Å². The van der Waals surface area contributed by atoms with E-state index in [1.54, 1.807) is 31.2 Å². The molecule has 2 N–H and O–H groups in total. The first-order valence-corrected chi connectivity index (χ1v) is 10.0. The Balaban J connectivity index is 1.81. The Bertz CT molecular complexity index is 1370. The highest BCUT2D eigenvalue weighted by Crippen LogP contribution is 2.34. The number of fused-ring (bicyclic) bond motifs is 2. The number of hydrogen-bond donors (Lipinski definition) is 2. The van der Waals surface area contributed by atoms with Crippen molar-refractivity contribution in [3.05, 3.63) is 75.8 Å². The summed E-state index contributed by atoms with van der Waals surface area (Å²) >= 11 is 0. The van der Waals surface area contributed by atoms with Gasteiger partial charge in [-0.05, 0) is 30.7 Å². The third-order valence-corrected chi connectivity index (χ3v) is 6.59. The maximum atomic E-state index is 12.8. The molecule has 3 aromatic rings. The predicted molar refractivity (Wildman–Crippen MR) is 107 cm³/mol. The van der Waals surface area contributed by atoms with E-state index in [-0.39, 0.29) is 21.5 Å². The zero-order valence-corrected chi connectivity index (χ0v) is 16.3. The molecule has 4 rings (SSSR count). The van der Waals surface area contributed by atoms with Crippen molar-refractivity contribution in [2.75, 3.05) is 12.4 Å². The number of likely N-dealkylation sites (N-methyl/N-ethyl adjacent to an activating group) is 1. The van der Waals surface area contributed by atoms with Crippen LogP contribution in [0, 0.1) is 6.92 Å². The summed E-state index contributed by atoms with van der Waals surface area (Å²) in [6.45, 7) is 1.78. The van der Waals surface area contributed by atoms with E-state index in [4.69, 9.17) is 4.42 Å². The normalized spacial score (nSPS) is 15.3. The molecule has 2 aromatic carbocycles. The van der Waals surface area contributed by atoms with E-state index in [0.717, 1.165) is 18.9 Å². The van der Waals surface area contributed by atoms with Crippen LogP contribution >= 0.6 is 0 Å². The lowest BCUT2D eigenvalue weighted by Crippen LogP contribution is -2.37. The Morgan fingerprint density at radius 3 is 2.62 bits per heavy atom. The fraction of sp³-hybridized carbons (Fsp3) is 0.100. The van der Waals surface area contributed by atoms with Crippen LogP contribution in [0.2, 0.25) is 0 Å². The SMILES string of the molecule is Cc1cccc2c(=O)c(NC(=O)C3=C(O)c4ccccc4S(=O)(=O)N3C)coc12. The summed E-state index contributed by atoms with van der Waals surface area (Å²) in [7, 11) is -2.88. The van der Waals surface area contributed by atoms with Crippen LogP contribution in [0.1, 0.15) is 11.1 Å². The first kappa shape index (κ1) is 18.8. The minimum absolute atomic E-state index is 0.0110. The Kier molecular flexibility index (Phi) is 4.20. The van der Waals surface area contributed by atoms with Crippen molar-refractivity contribution in [1.82, 2.24) is 4.31 Å². The third kappa shape index (κ3) is 2.78. The second-order valence-corrected chi connectivity index (χ2v) is 8.49. The van der Waals surface area contributed by atoms with Gasteiger partial charge >= 0.3 is 0 Å². The molecule has 1 aromatic heterocycles. The molecule has 0 saturated carbocycles. The Morgan fingerprint density at radius 2 is 1.86 bits per heavy atom. The summed E-state index contributed by atoms with van der Waals surface area (Å²) in [5, 5.41) is 13.2. The van der Waals surface area contributed by atoms with Crippen LogP contribution in [-0.2, 0) is 14.8 Å². The number of aryl methyl sites for hydroxylation is 1. The molecule has 2 heterocycles. The van der Waals surface area contributed by atoms with Gasteiger partial charge in [0.15, 0.2) is 11.5 Å². The number of carbonyl (C=O) groups is 1. The molecular weight excluding hydrogens is 396 g/mol. The number of amides is 1. The van der Waals surface area contributed by atoms with Crippen LogP contribution in [0.3, 0.4) is 0 Å². The highest BCUT2D eigenvalue weighted by molar-refractivity contribution is 7.89. The lowest BCUT2D eigenvalue weighted by atomic mass is 10.1. The van der Waals surface area contributed by atoms with Gasteiger partial charge in [-0.15, -0.1) is 0 Å². The lowest BCUT2D eigenvalue weighted by Gasteiger charge is -2.28. The monoisotopic (exact) mass is 412 g/mol. The fourth-order valence-corrected chi connectivity index (χ4v) is 4.65. The molecular formula is C20H16N2O6S. The molecule has 0 atom stereocenters. The summed E-state index contributed by atoms with van der Waals surface area (Å²) in [6, 6.07) is 10.8. The number of aliphatic hydroxyl groups excluding tert-OH is 1. The summed E-state index contributed by atoms with van der Waals surface area (Å²) < 4.78 is 31.6. The average molecular weight is 412 g/mol. The van der Waals surface area contributed by atoms with E-state index in [9.17, 15) is 23.1 Å². The van der Waals surface area contributed by atoms with E-state index in [2.05, 4.69) is 5.32 Å². The highest BCUT2D eigenvalue weighted by atomic mass is 32.2. The Labute approximate surface area is 165 Å². The molecule has 0 saturated heterocycles. The molecule has 0 fully saturated rings. The van der Waals surface area contributed by atoms with Gasteiger partial charge in [-0.3, -0.25) is 13.9 Å². The molecule has 1 aliphatic rings. The topological polar surface area (TPSA) is 117 Å². The molecule has 0 unspecified atom stereocenters. The molecule has 1 aliphatic heterocycles. The van der Waals surface area contributed by atoms with Crippen molar-refractivity contribution in [1.29, 1.82) is 0 Å². The smallest absolute Gasteiger partial charge is 0.277 e. The molecule has 8 nitrogen and oxygen atoms in total. The standard InChI is InChI=1S/C20H16N2O6S/c1-11-6-5-8-13-17(23)14(10-28-19(11)13)21-20(25)16-18(24)12-7-3-4-9-15(12)29(26,27)22(16)2/h3-10,24H,1-2H3,(H,21,25). The number of aliphatic hydroxyl groups is 1. The Hall–Kier alpha value is -3.59. The minimum Gasteiger partial charge on any atom is -0.505 e. The van der Waals surface area contributed by atoms with E-state index in [1.807, 2.05) is 0 Å². The van der Waals surface area contributed by atoms with Gasteiger partial charge in [0, 0.05) is 12.6 Å². The zero-order valence-electron chi connectivity index (χ0n) is 15.5. The second-order valence-electron chi connectivity index (χ2n) is 6.55. The number of benzene rings is 2. The quantitative estimate of drug-likeness (QED) is 0.668. The van der Waals surface area contributed by atoms with Crippen LogP contribution in [0.15, 0.2) is 68.5 Å². The maximum Gasteiger partial charge on any atom is 0.277 e. The van der Waals surface area contributed by atoms with Gasteiger partial charge in [0.25, 0.3) is 15.9 Å². The summed E-state index contributed by atoms with van der Waals surface area (Å²) in [5.41, 5.74) is 0.0175. The van der Waals surface area contributed by atoms with Gasteiger partial charge in [-0.25, -0.2) is 8.42 Å². The lowest BCUT2D eigenvalue weighted by molar-refractivity contribution is -0.113. The average Bonchev–Trinajstić information content (AvgIpc) is 2.69. The zero-order chi connectivity index (χ0) is 20.9. The van der Waals surface area contributed by atoms with Crippen LogP contribution < -0.4 is 10.7 Å². The first-order valence-electron chi connectivity index (χ1n) is 8.57. The number of rotatable bonds is 2. The number of carbonyl (C=O) groups excluding carboxylic acids is 1. The van der Waals surface area contributed by atoms with Gasteiger partial charge < -0.3 is 14.8 Å². The van der Waals surface area contributed by atoms with Crippen molar-refractivity contribution >= 4 is 38.3 Å². The largest absolute Gasteiger partial charge is 0.505 e. The fourth-order valence-electron chi connectivity index (χ4n) is 3.25. The number of sulfonamides is 1. The summed E-state index contributed by atoms with van der Waals surface area (Å²) in [6.07, 6.45) is 1.10. The van der Waals surface area contributed by atoms with Crippen LogP contribution in [-0.4, -0.2) is 30.8 Å². The second kappa shape index (κ2) is 6.49. The van der Waals surface area contributed by atoms with Crippen LogP contribution in [0.4, 0.5) is 5.69 Å². The number of anilines is 1. The van der Waals surface area contributed by atoms with Gasteiger partial charge in [0.2, 0.25) is 5.43 Å². The molecule has 29 heavy (non-hydrogen) atoms. The molecule has 9 heteroatoms. The summed E-state index contributed by atoms with van der Waals surface area (Å²) in [4.78, 5) is 25.4. The number of nitrogens with one attached hydrogen (secondary N) is 1. The molecule has 1 amide bonds. The van der Waals surface area contributed by atoms with Crippen molar-refractivity contribution in [3.63, 3.8) is 0 Å². The predicted octanol–water partition coefficient (Wildman–Crippen LogP) is 2.60. The van der Waals surface area contributed by atoms with Crippen LogP contribution in [0.5, 0.6) is 0 Å². The van der Waals surface area contributed by atoms with Crippen molar-refractivity contribution in [3.8, 4) is 0 Å². The van der Waals surface area contributed by atoms with Crippen molar-refractivity contribution in [2.24, 2.45) is 0 Å². The maximum absolute atomic E-state index is 12.8. The van der Waals surface area contributed by atoms with E-state index < -0.39 is 32.8 Å². The molecule has 0 spiro atoms. The molecule has 0 aliphatic carbocycles. The van der Waals surface area contributed by atoms with E-state index in [1.165, 1.54) is 18.2 Å². The first-order chi connectivity index (χ1) is 13.7. The van der Waals surface area contributed by atoms with Crippen molar-refractivity contribution < 1.29 is 22.7 Å². The molecule has 0 radical (unpaired) electrons. The summed E-state index contributed by atoms with van der Waals surface area (Å²) in [5.74, 6) is -1.46. The number of para-hydroxylation sites is 1. The highest BCUT2D eigenvalue weighted by Gasteiger charge is 2.37. The number of nitrogens with zero attached hydrogens (tertiary/aromatic N) is 1. The van der Waals surface area contributed by atoms with Gasteiger partial charge in [-0.2, -0.15) is 0 Å².